The van der Waals surface area contributed by atoms with Gasteiger partial charge in [0.25, 0.3) is 0 Å². The third-order valence-electron chi connectivity index (χ3n) is 17.0. The van der Waals surface area contributed by atoms with Gasteiger partial charge < -0.3 is 14.9 Å². The molecule has 11 rings (SSSR count). The highest BCUT2D eigenvalue weighted by Gasteiger charge is 2.49. The maximum absolute atomic E-state index is 4.99. The molecule has 4 atom stereocenters. The van der Waals surface area contributed by atoms with E-state index in [1.54, 1.807) is 36.8 Å². The predicted octanol–water partition coefficient (Wildman–Crippen LogP) is 11.9. The Labute approximate surface area is 414 Å². The Bertz CT molecular complexity index is 2320. The fourth-order valence-corrected chi connectivity index (χ4v) is 12.7. The fraction of sp³-hybridized carbons (Fsp3) is 0.621. The predicted molar refractivity (Wildman–Crippen MR) is 287 cm³/mol. The number of hydrazine groups is 1. The van der Waals surface area contributed by atoms with Crippen molar-refractivity contribution in [1.82, 2.24) is 45.0 Å². The fourth-order valence-electron chi connectivity index (χ4n) is 12.1. The van der Waals surface area contributed by atoms with E-state index < -0.39 is 0 Å². The molecule has 7 fully saturated rings. The van der Waals surface area contributed by atoms with Crippen LogP contribution in [0.15, 0.2) is 85.1 Å². The van der Waals surface area contributed by atoms with E-state index in [1.807, 2.05) is 11.7 Å². The Hall–Kier alpha value is -3.80. The van der Waals surface area contributed by atoms with Gasteiger partial charge in [-0.05, 0) is 162 Å². The van der Waals surface area contributed by atoms with Crippen molar-refractivity contribution in [3.63, 3.8) is 0 Å². The van der Waals surface area contributed by atoms with E-state index in [0.717, 1.165) is 81.8 Å². The number of nitrogens with one attached hydrogen (secondary N) is 2. The van der Waals surface area contributed by atoms with Crippen molar-refractivity contribution in [2.24, 2.45) is 23.2 Å². The number of nitrogens with zero attached hydrogens (tertiary/aromatic N) is 7. The molecule has 4 aromatic rings. The third-order valence-corrected chi connectivity index (χ3v) is 17.6. The van der Waals surface area contributed by atoms with E-state index in [4.69, 9.17) is 4.98 Å². The van der Waals surface area contributed by atoms with Crippen LogP contribution in [-0.2, 0) is 6.42 Å². The van der Waals surface area contributed by atoms with Gasteiger partial charge in [0.15, 0.2) is 0 Å². The maximum atomic E-state index is 4.99. The molecule has 3 saturated carbocycles. The smallest absolute Gasteiger partial charge is 0.0811 e. The first-order chi connectivity index (χ1) is 32.9. The SMILES string of the molecule is C=CCCC(C)(C)Cc1c(-c2cccnc2C(C)CC)n(C2CN(C3CC3)C2)c2ccc(-c3cscn3)cc12.C=CNC(CN1CC2(CCCN2C)C1)C(=C)N1CCCCN1.CC1CC1C1CC1. The van der Waals surface area contributed by atoms with Gasteiger partial charge in [-0.3, -0.25) is 19.7 Å². The number of rotatable bonds is 18. The number of hydrogen-bond acceptors (Lipinski definition) is 9. The molecule has 1 aromatic carbocycles. The quantitative estimate of drug-likeness (QED) is 0.0957. The van der Waals surface area contributed by atoms with Crippen LogP contribution in [0.25, 0.3) is 33.4 Å². The van der Waals surface area contributed by atoms with Crippen molar-refractivity contribution in [2.45, 2.75) is 148 Å². The zero-order chi connectivity index (χ0) is 47.6. The first-order valence-electron chi connectivity index (χ1n) is 26.8. The molecule has 3 aliphatic carbocycles. The average Bonchev–Trinajstić information content (AvgIpc) is 4.30. The van der Waals surface area contributed by atoms with Crippen LogP contribution in [0.4, 0.5) is 0 Å². The van der Waals surface area contributed by atoms with Gasteiger partial charge in [-0.2, -0.15) is 0 Å². The highest BCUT2D eigenvalue weighted by atomic mass is 32.1. The molecule has 1 spiro atoms. The standard InChI is InChI=1S/C34H42N4S.C17H31N5.C7H12/c1-6-8-15-34(4,5)18-29-28-17-24(30-21-39-22-36-30)11-14-31(28)38(26-19-37(20-26)25-12-13-25)33(29)27-10-9-16-35-32(27)23(3)7-2;1-4-18-16(15(2)22-11-6-5-9-19-22)12-21-13-17(14-21)8-7-10-20(17)3;1-5-4-7(5)6-2-3-6/h6,9-11,14,16-17,21-23,25-26H,1,7-8,12-13,15,18-20H2,2-5H3;4,16,18-19H,1-2,5-14H2,3H3;5-7H,2-4H2,1H3. The Morgan fingerprint density at radius 3 is 2.44 bits per heavy atom. The second-order valence-electron chi connectivity index (χ2n) is 22.9. The van der Waals surface area contributed by atoms with E-state index in [-0.39, 0.29) is 11.5 Å². The molecule has 7 heterocycles. The van der Waals surface area contributed by atoms with Crippen LogP contribution in [0.5, 0.6) is 0 Å². The number of allylic oxidation sites excluding steroid dienone is 1. The van der Waals surface area contributed by atoms with Crippen LogP contribution >= 0.6 is 11.3 Å². The highest BCUT2D eigenvalue weighted by Crippen LogP contribution is 2.54. The summed E-state index contributed by atoms with van der Waals surface area (Å²) >= 11 is 1.66. The van der Waals surface area contributed by atoms with Gasteiger partial charge in [0.05, 0.1) is 34.7 Å². The average molecular weight is 940 g/mol. The number of pyridine rings is 1. The van der Waals surface area contributed by atoms with Crippen LogP contribution in [0, 0.1) is 23.2 Å². The van der Waals surface area contributed by atoms with Crippen LogP contribution < -0.4 is 10.7 Å². The van der Waals surface area contributed by atoms with Crippen molar-refractivity contribution < 1.29 is 0 Å². The summed E-state index contributed by atoms with van der Waals surface area (Å²) in [6.07, 6.45) is 22.7. The molecule has 0 amide bonds. The van der Waals surface area contributed by atoms with Gasteiger partial charge in [-0.1, -0.05) is 59.9 Å². The molecular formula is C58H85N9S. The number of thiazole rings is 1. The Balaban J connectivity index is 0.000000165. The molecular weight excluding hydrogens is 855 g/mol. The number of benzene rings is 1. The summed E-state index contributed by atoms with van der Waals surface area (Å²) in [5.41, 5.74) is 16.2. The normalized spacial score (nSPS) is 23.7. The molecule has 4 saturated heterocycles. The van der Waals surface area contributed by atoms with Crippen molar-refractivity contribution in [2.75, 3.05) is 59.4 Å². The zero-order valence-electron chi connectivity index (χ0n) is 42.8. The number of likely N-dealkylation sites (tertiary alicyclic amines) is 3. The van der Waals surface area contributed by atoms with Gasteiger partial charge in [-0.15, -0.1) is 17.9 Å². The summed E-state index contributed by atoms with van der Waals surface area (Å²) in [5.74, 6) is 3.88. The minimum atomic E-state index is 0.150. The summed E-state index contributed by atoms with van der Waals surface area (Å²) in [5, 5.41) is 9.16. The summed E-state index contributed by atoms with van der Waals surface area (Å²) < 4.78 is 2.71. The summed E-state index contributed by atoms with van der Waals surface area (Å²) in [7, 11) is 2.28. The van der Waals surface area contributed by atoms with Crippen LogP contribution in [0.3, 0.4) is 0 Å². The van der Waals surface area contributed by atoms with E-state index in [9.17, 15) is 0 Å². The van der Waals surface area contributed by atoms with Gasteiger partial charge in [0.1, 0.15) is 0 Å². The van der Waals surface area contributed by atoms with Crippen molar-refractivity contribution in [3.05, 3.63) is 96.4 Å². The minimum Gasteiger partial charge on any atom is -0.382 e. The Kier molecular flexibility index (Phi) is 15.4. The van der Waals surface area contributed by atoms with Gasteiger partial charge >= 0.3 is 0 Å². The highest BCUT2D eigenvalue weighted by molar-refractivity contribution is 7.07. The summed E-state index contributed by atoms with van der Waals surface area (Å²) in [4.78, 5) is 17.5. The number of aromatic nitrogens is 3. The molecule has 3 aromatic heterocycles. The molecule has 4 aliphatic heterocycles. The van der Waals surface area contributed by atoms with Crippen LogP contribution in [0.1, 0.15) is 135 Å². The van der Waals surface area contributed by atoms with E-state index >= 15 is 0 Å². The lowest BCUT2D eigenvalue weighted by molar-refractivity contribution is -0.0206. The lowest BCUT2D eigenvalue weighted by Crippen LogP contribution is -2.68. The van der Waals surface area contributed by atoms with Crippen molar-refractivity contribution in [1.29, 1.82) is 0 Å². The molecule has 2 N–H and O–H groups in total. The molecule has 7 aliphatic rings. The first kappa shape index (κ1) is 49.2. The molecule has 0 radical (unpaired) electrons. The van der Waals surface area contributed by atoms with E-state index in [0.29, 0.717) is 17.5 Å². The Morgan fingerprint density at radius 1 is 1.04 bits per heavy atom. The zero-order valence-corrected chi connectivity index (χ0v) is 43.6. The number of fused-ring (bicyclic) bond motifs is 1. The molecule has 0 bridgehead atoms. The van der Waals surface area contributed by atoms with Crippen molar-refractivity contribution in [3.8, 4) is 22.5 Å². The van der Waals surface area contributed by atoms with Gasteiger partial charge in [0.2, 0.25) is 0 Å². The van der Waals surface area contributed by atoms with Gasteiger partial charge in [-0.25, -0.2) is 10.4 Å². The van der Waals surface area contributed by atoms with Crippen molar-refractivity contribution >= 4 is 22.2 Å². The first-order valence-corrected chi connectivity index (χ1v) is 27.7. The second kappa shape index (κ2) is 21.3. The topological polar surface area (TPSA) is 67.7 Å². The largest absolute Gasteiger partial charge is 0.382 e. The third kappa shape index (κ3) is 11.0. The maximum Gasteiger partial charge on any atom is 0.0811 e. The number of hydrogen-bond donors (Lipinski definition) is 2. The summed E-state index contributed by atoms with van der Waals surface area (Å²) in [6, 6.07) is 13.1. The van der Waals surface area contributed by atoms with Crippen LogP contribution in [-0.4, -0.2) is 111 Å². The lowest BCUT2D eigenvalue weighted by Gasteiger charge is -2.53. The molecule has 9 nitrogen and oxygen atoms in total. The molecule has 368 valence electrons. The lowest BCUT2D eigenvalue weighted by atomic mass is 9.80. The molecule has 10 heteroatoms. The molecule has 68 heavy (non-hydrogen) atoms. The second-order valence-corrected chi connectivity index (χ2v) is 23.6. The van der Waals surface area contributed by atoms with Crippen LogP contribution in [0.2, 0.25) is 0 Å². The monoisotopic (exact) mass is 940 g/mol. The number of likely N-dealkylation sites (N-methyl/N-ethyl adjacent to an activating group) is 1. The minimum absolute atomic E-state index is 0.150. The molecule has 4 unspecified atom stereocenters. The summed E-state index contributed by atoms with van der Waals surface area (Å²) in [6.45, 7) is 33.1. The van der Waals surface area contributed by atoms with E-state index in [1.165, 1.54) is 109 Å². The van der Waals surface area contributed by atoms with Gasteiger partial charge in [0, 0.05) is 96.7 Å². The van der Waals surface area contributed by atoms with E-state index in [2.05, 4.69) is 143 Å². The Morgan fingerprint density at radius 2 is 1.84 bits per heavy atom.